The van der Waals surface area contributed by atoms with Gasteiger partial charge in [-0.15, -0.1) is 0 Å². The molecule has 2 N–H and O–H groups in total. The normalized spacial score (nSPS) is 19.6. The zero-order chi connectivity index (χ0) is 14.7. The molecule has 1 aromatic rings. The van der Waals surface area contributed by atoms with Crippen molar-refractivity contribution in [2.45, 2.75) is 44.9 Å². The zero-order valence-corrected chi connectivity index (χ0v) is 13.2. The third-order valence-electron chi connectivity index (χ3n) is 4.50. The van der Waals surface area contributed by atoms with Gasteiger partial charge in [0.15, 0.2) is 0 Å². The molecule has 0 unspecified atom stereocenters. The maximum atomic E-state index is 12.3. The van der Waals surface area contributed by atoms with Crippen LogP contribution in [0.1, 0.15) is 44.1 Å². The first-order valence-electron chi connectivity index (χ1n) is 8.00. The molecule has 0 spiro atoms. The molecule has 1 heterocycles. The van der Waals surface area contributed by atoms with E-state index >= 15 is 0 Å². The number of sulfonamides is 1. The lowest BCUT2D eigenvalue weighted by Crippen LogP contribution is -2.24. The summed E-state index contributed by atoms with van der Waals surface area (Å²) in [5.74, 6) is 0.587. The summed E-state index contributed by atoms with van der Waals surface area (Å²) < 4.78 is 27.4. The number of aryl methyl sites for hydroxylation is 1. The van der Waals surface area contributed by atoms with Crippen LogP contribution in [0.25, 0.3) is 0 Å². The Morgan fingerprint density at radius 1 is 1.14 bits per heavy atom. The third-order valence-corrected chi connectivity index (χ3v) is 5.96. The van der Waals surface area contributed by atoms with Gasteiger partial charge in [0.05, 0.1) is 11.4 Å². The SMILES string of the molecule is O=S(=O)(CC1CCCCC1)Nc1ccc2c(c1)NCCC2. The van der Waals surface area contributed by atoms with E-state index in [9.17, 15) is 8.42 Å². The standard InChI is InChI=1S/C16H24N2O2S/c19-21(20,12-13-5-2-1-3-6-13)18-15-9-8-14-7-4-10-17-16(14)11-15/h8-9,11,13,17-18H,1-7,10,12H2. The number of rotatable bonds is 4. The summed E-state index contributed by atoms with van der Waals surface area (Å²) in [4.78, 5) is 0. The van der Waals surface area contributed by atoms with Crippen LogP contribution in [0, 0.1) is 5.92 Å². The van der Waals surface area contributed by atoms with Crippen molar-refractivity contribution in [3.8, 4) is 0 Å². The van der Waals surface area contributed by atoms with Crippen molar-refractivity contribution in [3.63, 3.8) is 0 Å². The number of nitrogens with one attached hydrogen (secondary N) is 2. The maximum absolute atomic E-state index is 12.3. The van der Waals surface area contributed by atoms with Gasteiger partial charge < -0.3 is 5.32 Å². The van der Waals surface area contributed by atoms with Crippen molar-refractivity contribution < 1.29 is 8.42 Å². The van der Waals surface area contributed by atoms with E-state index in [1.165, 1.54) is 24.8 Å². The Bertz CT molecular complexity index is 592. The smallest absolute Gasteiger partial charge is 0.232 e. The lowest BCUT2D eigenvalue weighted by Gasteiger charge is -2.22. The topological polar surface area (TPSA) is 58.2 Å². The van der Waals surface area contributed by atoms with Crippen LogP contribution >= 0.6 is 0 Å². The summed E-state index contributed by atoms with van der Waals surface area (Å²) in [6.07, 6.45) is 7.89. The molecule has 0 aromatic heterocycles. The van der Waals surface area contributed by atoms with E-state index in [-0.39, 0.29) is 5.75 Å². The van der Waals surface area contributed by atoms with Crippen LogP contribution in [0.15, 0.2) is 18.2 Å². The van der Waals surface area contributed by atoms with Crippen molar-refractivity contribution in [1.29, 1.82) is 0 Å². The number of fused-ring (bicyclic) bond motifs is 1. The molecule has 0 saturated heterocycles. The van der Waals surface area contributed by atoms with Gasteiger partial charge in [0.2, 0.25) is 10.0 Å². The van der Waals surface area contributed by atoms with Gasteiger partial charge in [-0.2, -0.15) is 0 Å². The van der Waals surface area contributed by atoms with E-state index in [4.69, 9.17) is 0 Å². The molecular formula is C16H24N2O2S. The fourth-order valence-corrected chi connectivity index (χ4v) is 4.93. The van der Waals surface area contributed by atoms with Crippen LogP contribution < -0.4 is 10.0 Å². The minimum atomic E-state index is -3.24. The van der Waals surface area contributed by atoms with Gasteiger partial charge in [-0.1, -0.05) is 25.3 Å². The van der Waals surface area contributed by atoms with Crippen LogP contribution in [0.4, 0.5) is 11.4 Å². The van der Waals surface area contributed by atoms with Gasteiger partial charge in [-0.3, -0.25) is 4.72 Å². The largest absolute Gasteiger partial charge is 0.385 e. The molecule has 0 amide bonds. The molecule has 1 fully saturated rings. The average molecular weight is 308 g/mol. The summed E-state index contributed by atoms with van der Waals surface area (Å²) in [5.41, 5.74) is 3.02. The van der Waals surface area contributed by atoms with Crippen LogP contribution in [0.2, 0.25) is 0 Å². The maximum Gasteiger partial charge on any atom is 0.232 e. The van der Waals surface area contributed by atoms with Gasteiger partial charge >= 0.3 is 0 Å². The highest BCUT2D eigenvalue weighted by molar-refractivity contribution is 7.92. The number of anilines is 2. The summed E-state index contributed by atoms with van der Waals surface area (Å²) in [5, 5.41) is 3.34. The Kier molecular flexibility index (Phi) is 4.38. The van der Waals surface area contributed by atoms with E-state index in [2.05, 4.69) is 10.0 Å². The van der Waals surface area contributed by atoms with Gasteiger partial charge in [0, 0.05) is 12.2 Å². The van der Waals surface area contributed by atoms with Crippen LogP contribution in [0.3, 0.4) is 0 Å². The highest BCUT2D eigenvalue weighted by atomic mass is 32.2. The summed E-state index contributed by atoms with van der Waals surface area (Å²) in [7, 11) is -3.24. The van der Waals surface area contributed by atoms with Crippen LogP contribution in [0.5, 0.6) is 0 Å². The molecule has 21 heavy (non-hydrogen) atoms. The predicted molar refractivity (Wildman–Crippen MR) is 87.2 cm³/mol. The third kappa shape index (κ3) is 3.90. The van der Waals surface area contributed by atoms with E-state index in [0.29, 0.717) is 11.6 Å². The number of hydrogen-bond donors (Lipinski definition) is 2. The molecule has 4 nitrogen and oxygen atoms in total. The molecule has 5 heteroatoms. The number of benzene rings is 1. The minimum Gasteiger partial charge on any atom is -0.385 e. The quantitative estimate of drug-likeness (QED) is 0.896. The van der Waals surface area contributed by atoms with Crippen molar-refractivity contribution in [2.75, 3.05) is 22.3 Å². The van der Waals surface area contributed by atoms with E-state index < -0.39 is 10.0 Å². The van der Waals surface area contributed by atoms with Gasteiger partial charge in [-0.05, 0) is 49.3 Å². The van der Waals surface area contributed by atoms with Gasteiger partial charge in [0.25, 0.3) is 0 Å². The first kappa shape index (κ1) is 14.7. The predicted octanol–water partition coefficient (Wildman–Crippen LogP) is 3.37. The van der Waals surface area contributed by atoms with Crippen molar-refractivity contribution in [3.05, 3.63) is 23.8 Å². The van der Waals surface area contributed by atoms with Crippen molar-refractivity contribution >= 4 is 21.4 Å². The molecule has 3 rings (SSSR count). The second-order valence-corrected chi connectivity index (χ2v) is 8.06. The fraction of sp³-hybridized carbons (Fsp3) is 0.625. The molecule has 1 saturated carbocycles. The average Bonchev–Trinajstić information content (AvgIpc) is 2.47. The molecule has 1 aliphatic carbocycles. The Morgan fingerprint density at radius 2 is 1.95 bits per heavy atom. The van der Waals surface area contributed by atoms with E-state index in [1.54, 1.807) is 0 Å². The molecular weight excluding hydrogens is 284 g/mol. The van der Waals surface area contributed by atoms with Crippen LogP contribution in [-0.2, 0) is 16.4 Å². The highest BCUT2D eigenvalue weighted by Gasteiger charge is 2.21. The molecule has 2 aliphatic rings. The molecule has 0 bridgehead atoms. The van der Waals surface area contributed by atoms with Crippen LogP contribution in [-0.4, -0.2) is 20.7 Å². The monoisotopic (exact) mass is 308 g/mol. The molecule has 1 aliphatic heterocycles. The lowest BCUT2D eigenvalue weighted by molar-refractivity contribution is 0.385. The Hall–Kier alpha value is -1.23. The lowest BCUT2D eigenvalue weighted by atomic mass is 9.91. The molecule has 0 radical (unpaired) electrons. The first-order valence-corrected chi connectivity index (χ1v) is 9.65. The summed E-state index contributed by atoms with van der Waals surface area (Å²) in [6, 6.07) is 5.83. The Morgan fingerprint density at radius 3 is 2.76 bits per heavy atom. The molecule has 1 aromatic carbocycles. The Balaban J connectivity index is 1.67. The second-order valence-electron chi connectivity index (χ2n) is 6.29. The van der Waals surface area contributed by atoms with Gasteiger partial charge in [-0.25, -0.2) is 8.42 Å². The minimum absolute atomic E-state index is 0.261. The first-order chi connectivity index (χ1) is 10.1. The highest BCUT2D eigenvalue weighted by Crippen LogP contribution is 2.28. The fourth-order valence-electron chi connectivity index (χ4n) is 3.41. The Labute approximate surface area is 127 Å². The summed E-state index contributed by atoms with van der Waals surface area (Å²) >= 11 is 0. The molecule has 0 atom stereocenters. The number of hydrogen-bond acceptors (Lipinski definition) is 3. The van der Waals surface area contributed by atoms with E-state index in [0.717, 1.165) is 37.9 Å². The van der Waals surface area contributed by atoms with E-state index in [1.807, 2.05) is 18.2 Å². The summed E-state index contributed by atoms with van der Waals surface area (Å²) in [6.45, 7) is 0.964. The second kappa shape index (κ2) is 6.26. The zero-order valence-electron chi connectivity index (χ0n) is 12.4. The molecule has 116 valence electrons. The van der Waals surface area contributed by atoms with Crippen molar-refractivity contribution in [1.82, 2.24) is 0 Å². The van der Waals surface area contributed by atoms with Gasteiger partial charge in [0.1, 0.15) is 0 Å². The van der Waals surface area contributed by atoms with Crippen molar-refractivity contribution in [2.24, 2.45) is 5.92 Å².